The molecule has 0 aliphatic heterocycles. The summed E-state index contributed by atoms with van der Waals surface area (Å²) in [5, 5.41) is 19.9. The molecule has 3 aromatic heterocycles. The minimum absolute atomic E-state index is 0.0262. The first-order chi connectivity index (χ1) is 51.7. The number of anilines is 3. The van der Waals surface area contributed by atoms with Crippen LogP contribution in [0.25, 0.3) is 32.7 Å². The second-order valence-electron chi connectivity index (χ2n) is 31.1. The van der Waals surface area contributed by atoms with Crippen LogP contribution in [-0.2, 0) is 62.2 Å². The molecule has 6 amide bonds. The highest BCUT2D eigenvalue weighted by Gasteiger charge is 2.44. The van der Waals surface area contributed by atoms with Crippen molar-refractivity contribution in [3.8, 4) is 0 Å². The van der Waals surface area contributed by atoms with Gasteiger partial charge in [0.05, 0.1) is 0 Å². The summed E-state index contributed by atoms with van der Waals surface area (Å²) in [5.41, 5.74) is 21.6. The Hall–Kier alpha value is -11.0. The van der Waals surface area contributed by atoms with E-state index >= 15 is 0 Å². The lowest BCUT2D eigenvalue weighted by molar-refractivity contribution is -0.135. The molecule has 0 aliphatic carbocycles. The molecule has 0 fully saturated rings. The highest BCUT2D eigenvalue weighted by Crippen LogP contribution is 2.36. The van der Waals surface area contributed by atoms with Crippen molar-refractivity contribution in [2.45, 2.75) is 198 Å². The number of ketones is 3. The number of para-hydroxylation sites is 3. The van der Waals surface area contributed by atoms with Crippen molar-refractivity contribution in [3.05, 3.63) is 198 Å². The maximum absolute atomic E-state index is 14.7. The van der Waals surface area contributed by atoms with E-state index in [1.165, 1.54) is 0 Å². The molecular formula is C85H106N12O12. The summed E-state index contributed by atoms with van der Waals surface area (Å²) >= 11 is 0. The number of carbonyl (C=O) groups is 9. The van der Waals surface area contributed by atoms with Gasteiger partial charge in [0.25, 0.3) is 17.7 Å². The van der Waals surface area contributed by atoms with Gasteiger partial charge in [-0.3, -0.25) is 28.8 Å². The topological polar surface area (TPSA) is 379 Å². The molecule has 3 atom stereocenters. The molecule has 15 N–H and O–H groups in total. The third-order valence-electron chi connectivity index (χ3n) is 19.1. The quantitative estimate of drug-likeness (QED) is 0.00751. The van der Waals surface area contributed by atoms with Gasteiger partial charge in [0, 0.05) is 113 Å². The van der Waals surface area contributed by atoms with Gasteiger partial charge in [0.1, 0.15) is 16.8 Å². The van der Waals surface area contributed by atoms with E-state index in [0.717, 1.165) is 66.1 Å². The van der Waals surface area contributed by atoms with E-state index in [1.807, 2.05) is 128 Å². The molecule has 0 aliphatic rings. The fourth-order valence-corrected chi connectivity index (χ4v) is 13.3. The highest BCUT2D eigenvalue weighted by atomic mass is 16.6. The molecule has 0 radical (unpaired) electrons. The predicted molar refractivity (Wildman–Crippen MR) is 426 cm³/mol. The molecule has 109 heavy (non-hydrogen) atoms. The standard InChI is InChI=1S/C85H106N12O12/c1-80(2,3)107-77(104)89-49-19-16-46-83(86,70(98)43-34-58-52-92-67-25-13-10-22-64(58)67)74(101)95-61-37-28-55(29-38-61)73(56-30-39-62(40-31-56)96-75(102)84(87,47-17-20-50-90-78(105)108-81(4,5)6)71(99)44-35-59-53-93-68-26-14-11-23-65(59)68)57-32-41-63(42-33-57)97-76(103)85(88,48-18-21-51-91-79(106)109-82(7,8)9)72(100)45-36-60-54-94-69-27-15-12-24-66(60)69/h10-15,22-33,37-42,52-54,73,92-94H,16-21,34-36,43-51,86-88H2,1-9H3,(H,89,104)(H,90,105)(H,91,106)(H,95,101)(H,96,102)(H,97,103)/t83-,84-,85-/m1/s1. The number of rotatable bonds is 36. The molecule has 0 saturated carbocycles. The number of nitrogens with two attached hydrogens (primary N) is 3. The minimum Gasteiger partial charge on any atom is -0.444 e. The number of Topliss-reactive ketones (excluding diaryl/α,β-unsaturated/α-hetero) is 3. The monoisotopic (exact) mass is 1490 g/mol. The number of amides is 6. The average Bonchev–Trinajstić information content (AvgIpc) is 1.66. The maximum atomic E-state index is 14.7. The maximum Gasteiger partial charge on any atom is 0.407 e. The Balaban J connectivity index is 0.979. The van der Waals surface area contributed by atoms with Gasteiger partial charge in [-0.2, -0.15) is 0 Å². The molecule has 0 unspecified atom stereocenters. The van der Waals surface area contributed by atoms with Gasteiger partial charge in [-0.05, 0) is 227 Å². The van der Waals surface area contributed by atoms with Crippen LogP contribution in [-0.4, -0.2) is 121 Å². The number of alkyl carbamates (subject to hydrolysis) is 3. The van der Waals surface area contributed by atoms with E-state index < -0.39 is 92.7 Å². The van der Waals surface area contributed by atoms with Crippen LogP contribution < -0.4 is 49.1 Å². The van der Waals surface area contributed by atoms with Gasteiger partial charge in [-0.25, -0.2) is 14.4 Å². The Morgan fingerprint density at radius 2 is 0.596 bits per heavy atom. The number of benzene rings is 6. The van der Waals surface area contributed by atoms with Gasteiger partial charge in [0.2, 0.25) is 0 Å². The molecule has 0 bridgehead atoms. The van der Waals surface area contributed by atoms with Crippen molar-refractivity contribution < 1.29 is 57.4 Å². The number of aromatic amines is 3. The van der Waals surface area contributed by atoms with E-state index in [4.69, 9.17) is 31.4 Å². The first-order valence-electron chi connectivity index (χ1n) is 37.5. The SMILES string of the molecule is CC(C)(C)OC(=O)NCCCC[C@@](N)(C(=O)CCc1c[nH]c2ccccc12)C(=O)Nc1ccc(C(c2ccc(NC(=O)[C@@](N)(CCCCNC(=O)OC(C)(C)C)C(=O)CCc3c[nH]c4ccccc34)cc2)c2ccc(NC(=O)[C@@](N)(CCCCNC(=O)OC(C)(C)C)C(=O)CCc3c[nH]c4ccccc34)cc2)cc1. The zero-order valence-corrected chi connectivity index (χ0v) is 64.0. The largest absolute Gasteiger partial charge is 0.444 e. The second kappa shape index (κ2) is 36.3. The summed E-state index contributed by atoms with van der Waals surface area (Å²) < 4.78 is 16.2. The summed E-state index contributed by atoms with van der Waals surface area (Å²) in [5.74, 6) is -4.09. The highest BCUT2D eigenvalue weighted by molar-refractivity contribution is 6.17. The van der Waals surface area contributed by atoms with Crippen LogP contribution >= 0.6 is 0 Å². The Labute approximate surface area is 636 Å². The van der Waals surface area contributed by atoms with E-state index in [2.05, 4.69) is 46.9 Å². The van der Waals surface area contributed by atoms with E-state index in [0.29, 0.717) is 74.8 Å². The fraction of sp³-hybridized carbons (Fsp3) is 0.400. The Morgan fingerprint density at radius 3 is 0.844 bits per heavy atom. The van der Waals surface area contributed by atoms with Gasteiger partial charge in [-0.1, -0.05) is 91.0 Å². The van der Waals surface area contributed by atoms with Gasteiger partial charge < -0.3 is 78.3 Å². The number of carbonyl (C=O) groups excluding carboxylic acids is 9. The van der Waals surface area contributed by atoms with Crippen LogP contribution in [0.3, 0.4) is 0 Å². The minimum atomic E-state index is -1.97. The number of H-pyrrole nitrogens is 3. The van der Waals surface area contributed by atoms with Crippen molar-refractivity contribution in [2.24, 2.45) is 17.2 Å². The molecule has 9 aromatic rings. The number of ether oxygens (including phenoxy) is 3. The van der Waals surface area contributed by atoms with Crippen molar-refractivity contribution in [2.75, 3.05) is 35.6 Å². The molecule has 24 nitrogen and oxygen atoms in total. The van der Waals surface area contributed by atoms with Crippen molar-refractivity contribution in [1.82, 2.24) is 30.9 Å². The molecule has 9 rings (SSSR count). The van der Waals surface area contributed by atoms with Crippen LogP contribution in [0, 0.1) is 0 Å². The van der Waals surface area contributed by atoms with Crippen LogP contribution in [0.5, 0.6) is 0 Å². The van der Waals surface area contributed by atoms with Gasteiger partial charge >= 0.3 is 18.3 Å². The molecule has 578 valence electrons. The van der Waals surface area contributed by atoms with E-state index in [9.17, 15) is 43.2 Å². The first-order valence-corrected chi connectivity index (χ1v) is 37.5. The lowest BCUT2D eigenvalue weighted by atomic mass is 9.84. The number of unbranched alkanes of at least 4 members (excludes halogenated alkanes) is 3. The first kappa shape index (κ1) is 82.1. The number of aromatic nitrogens is 3. The van der Waals surface area contributed by atoms with Crippen molar-refractivity contribution in [1.29, 1.82) is 0 Å². The van der Waals surface area contributed by atoms with Crippen molar-refractivity contribution >= 4 is 103 Å². The number of fused-ring (bicyclic) bond motifs is 3. The number of nitrogens with one attached hydrogen (secondary N) is 9. The lowest BCUT2D eigenvalue weighted by Gasteiger charge is -2.28. The van der Waals surface area contributed by atoms with Crippen molar-refractivity contribution in [3.63, 3.8) is 0 Å². The Bertz CT molecular complexity index is 4190. The Kier molecular flexibility index (Phi) is 27.3. The third kappa shape index (κ3) is 22.8. The van der Waals surface area contributed by atoms with Crippen LogP contribution in [0.1, 0.15) is 179 Å². The van der Waals surface area contributed by atoms with Gasteiger partial charge in [-0.15, -0.1) is 0 Å². The number of hydrogen-bond donors (Lipinski definition) is 12. The van der Waals surface area contributed by atoms with Crippen LogP contribution in [0.2, 0.25) is 0 Å². The molecule has 0 saturated heterocycles. The normalized spacial score (nSPS) is 13.5. The summed E-state index contributed by atoms with van der Waals surface area (Å²) in [6, 6.07) is 44.4. The summed E-state index contributed by atoms with van der Waals surface area (Å²) in [7, 11) is 0. The average molecular weight is 1490 g/mol. The Morgan fingerprint density at radius 1 is 0.349 bits per heavy atom. The zero-order valence-electron chi connectivity index (χ0n) is 64.0. The molecular weight excluding hydrogens is 1380 g/mol. The number of hydrogen-bond acceptors (Lipinski definition) is 15. The molecule has 0 spiro atoms. The van der Waals surface area contributed by atoms with Gasteiger partial charge in [0.15, 0.2) is 34.0 Å². The molecule has 3 heterocycles. The lowest BCUT2D eigenvalue weighted by Crippen LogP contribution is -2.57. The third-order valence-corrected chi connectivity index (χ3v) is 19.1. The number of aryl methyl sites for hydroxylation is 3. The predicted octanol–water partition coefficient (Wildman–Crippen LogP) is 13.9. The van der Waals surface area contributed by atoms with E-state index in [1.54, 1.807) is 98.7 Å². The summed E-state index contributed by atoms with van der Waals surface area (Å²) in [4.78, 5) is 135. The van der Waals surface area contributed by atoms with Crippen LogP contribution in [0.4, 0.5) is 31.4 Å². The molecule has 6 aromatic carbocycles. The van der Waals surface area contributed by atoms with Crippen LogP contribution in [0.15, 0.2) is 164 Å². The zero-order chi connectivity index (χ0) is 78.7. The summed E-state index contributed by atoms with van der Waals surface area (Å²) in [6.45, 7) is 16.5. The fourth-order valence-electron chi connectivity index (χ4n) is 13.3. The smallest absolute Gasteiger partial charge is 0.407 e. The second-order valence-corrected chi connectivity index (χ2v) is 31.1. The van der Waals surface area contributed by atoms with E-state index in [-0.39, 0.29) is 58.2 Å². The molecule has 24 heteroatoms. The summed E-state index contributed by atoms with van der Waals surface area (Å²) in [6.07, 6.45) is 6.71.